The second-order valence-corrected chi connectivity index (χ2v) is 9.11. The first-order chi connectivity index (χ1) is 13.4. The third-order valence-corrected chi connectivity index (χ3v) is 6.31. The van der Waals surface area contributed by atoms with Crippen LogP contribution in [0.3, 0.4) is 0 Å². The van der Waals surface area contributed by atoms with Crippen LogP contribution in [0, 0.1) is 11.3 Å². The first kappa shape index (κ1) is 20.7. The van der Waals surface area contributed by atoms with E-state index < -0.39 is 0 Å². The van der Waals surface area contributed by atoms with Crippen molar-refractivity contribution in [3.8, 4) is 0 Å². The second-order valence-electron chi connectivity index (χ2n) is 9.11. The molecule has 1 unspecified atom stereocenters. The summed E-state index contributed by atoms with van der Waals surface area (Å²) in [6, 6.07) is 10.0. The van der Waals surface area contributed by atoms with E-state index in [0.29, 0.717) is 24.8 Å². The van der Waals surface area contributed by atoms with Gasteiger partial charge in [-0.2, -0.15) is 0 Å². The van der Waals surface area contributed by atoms with Gasteiger partial charge in [0.1, 0.15) is 0 Å². The smallest absolute Gasteiger partial charge is 0.242 e. The van der Waals surface area contributed by atoms with Crippen LogP contribution in [-0.4, -0.2) is 61.4 Å². The van der Waals surface area contributed by atoms with Crippen LogP contribution in [0.1, 0.15) is 46.0 Å². The summed E-state index contributed by atoms with van der Waals surface area (Å²) >= 11 is 0. The number of likely N-dealkylation sites (N-methyl/N-ethyl adjacent to an activating group) is 1. The summed E-state index contributed by atoms with van der Waals surface area (Å²) in [5.41, 5.74) is 1.15. The predicted molar refractivity (Wildman–Crippen MR) is 113 cm³/mol. The van der Waals surface area contributed by atoms with E-state index in [0.717, 1.165) is 57.5 Å². The minimum Gasteiger partial charge on any atom is -0.365 e. The maximum absolute atomic E-state index is 13.0. The van der Waals surface area contributed by atoms with E-state index >= 15 is 0 Å². The number of para-hydroxylation sites is 1. The minimum atomic E-state index is 0.0874. The minimum absolute atomic E-state index is 0.0874. The highest BCUT2D eigenvalue weighted by Crippen LogP contribution is 2.39. The van der Waals surface area contributed by atoms with Crippen molar-refractivity contribution < 1.29 is 9.59 Å². The summed E-state index contributed by atoms with van der Waals surface area (Å²) in [5, 5.41) is 0. The highest BCUT2D eigenvalue weighted by atomic mass is 16.2. The molecule has 28 heavy (non-hydrogen) atoms. The third-order valence-electron chi connectivity index (χ3n) is 6.31. The van der Waals surface area contributed by atoms with E-state index in [9.17, 15) is 9.59 Å². The fourth-order valence-electron chi connectivity index (χ4n) is 4.55. The molecule has 0 saturated carbocycles. The Morgan fingerprint density at radius 2 is 1.93 bits per heavy atom. The van der Waals surface area contributed by atoms with Crippen LogP contribution in [0.5, 0.6) is 0 Å². The van der Waals surface area contributed by atoms with Gasteiger partial charge in [0.05, 0.1) is 6.54 Å². The Balaban J connectivity index is 1.61. The number of carbonyl (C=O) groups is 2. The lowest BCUT2D eigenvalue weighted by Gasteiger charge is -2.48. The molecule has 5 heteroatoms. The molecule has 0 N–H and O–H groups in total. The number of anilines is 1. The van der Waals surface area contributed by atoms with Crippen LogP contribution in [0.2, 0.25) is 0 Å². The molecule has 1 spiro atoms. The van der Waals surface area contributed by atoms with Gasteiger partial charge in [-0.05, 0) is 43.7 Å². The maximum Gasteiger partial charge on any atom is 0.242 e. The zero-order valence-corrected chi connectivity index (χ0v) is 17.7. The summed E-state index contributed by atoms with van der Waals surface area (Å²) in [5.74, 6) is 1.08. The van der Waals surface area contributed by atoms with Gasteiger partial charge in [0.25, 0.3) is 0 Å². The number of carbonyl (C=O) groups excluding carboxylic acids is 2. The lowest BCUT2D eigenvalue weighted by Crippen LogP contribution is -2.56. The van der Waals surface area contributed by atoms with E-state index in [-0.39, 0.29) is 11.3 Å². The molecule has 0 radical (unpaired) electrons. The summed E-state index contributed by atoms with van der Waals surface area (Å²) in [6.45, 7) is 8.10. The summed E-state index contributed by atoms with van der Waals surface area (Å²) in [6.07, 6.45) is 4.75. The first-order valence-electron chi connectivity index (χ1n) is 10.7. The molecule has 2 aliphatic heterocycles. The predicted octanol–water partition coefficient (Wildman–Crippen LogP) is 3.40. The summed E-state index contributed by atoms with van der Waals surface area (Å²) in [7, 11) is 1.97. The van der Waals surface area contributed by atoms with Crippen molar-refractivity contribution in [2.45, 2.75) is 46.0 Å². The normalized spacial score (nSPS) is 22.8. The largest absolute Gasteiger partial charge is 0.365 e. The Labute approximate surface area is 169 Å². The molecular formula is C23H35N3O2. The van der Waals surface area contributed by atoms with Crippen molar-refractivity contribution in [3.05, 3.63) is 30.3 Å². The molecule has 2 aliphatic rings. The Bertz CT molecular complexity index is 676. The molecule has 154 valence electrons. The third kappa shape index (κ3) is 5.06. The molecule has 0 bridgehead atoms. The van der Waals surface area contributed by atoms with Crippen molar-refractivity contribution in [3.63, 3.8) is 0 Å². The van der Waals surface area contributed by atoms with Gasteiger partial charge >= 0.3 is 0 Å². The molecule has 0 aliphatic carbocycles. The quantitative estimate of drug-likeness (QED) is 0.754. The van der Waals surface area contributed by atoms with E-state index in [1.807, 2.05) is 47.2 Å². The van der Waals surface area contributed by atoms with Crippen LogP contribution in [-0.2, 0) is 9.59 Å². The average Bonchev–Trinajstić information content (AvgIpc) is 2.69. The van der Waals surface area contributed by atoms with Gasteiger partial charge in [-0.3, -0.25) is 9.59 Å². The van der Waals surface area contributed by atoms with Crippen molar-refractivity contribution in [1.29, 1.82) is 0 Å². The van der Waals surface area contributed by atoms with Gasteiger partial charge in [-0.15, -0.1) is 0 Å². The number of amides is 2. The van der Waals surface area contributed by atoms with Gasteiger partial charge in [-0.25, -0.2) is 0 Å². The molecule has 2 amide bonds. The Morgan fingerprint density at radius 1 is 1.18 bits per heavy atom. The van der Waals surface area contributed by atoms with Crippen molar-refractivity contribution in [2.24, 2.45) is 11.3 Å². The van der Waals surface area contributed by atoms with Crippen LogP contribution in [0.25, 0.3) is 0 Å². The standard InChI is InChI=1S/C23H35N3O2/c1-19(2)11-15-26-18-23(13-10-21(26)27)12-7-14-25(17-23)22(28)16-24(3)20-8-5-4-6-9-20/h4-6,8-9,19H,7,10-18H2,1-3H3. The van der Waals surface area contributed by atoms with Crippen LogP contribution >= 0.6 is 0 Å². The molecule has 1 aromatic carbocycles. The highest BCUT2D eigenvalue weighted by Gasteiger charge is 2.42. The van der Waals surface area contributed by atoms with Gasteiger partial charge in [0, 0.05) is 50.7 Å². The fraction of sp³-hybridized carbons (Fsp3) is 0.652. The number of hydrogen-bond acceptors (Lipinski definition) is 3. The maximum atomic E-state index is 13.0. The molecule has 2 fully saturated rings. The molecule has 1 atom stereocenters. The van der Waals surface area contributed by atoms with Crippen molar-refractivity contribution in [1.82, 2.24) is 9.80 Å². The number of likely N-dealkylation sites (tertiary alicyclic amines) is 2. The van der Waals surface area contributed by atoms with Crippen LogP contribution in [0.15, 0.2) is 30.3 Å². The number of benzene rings is 1. The second kappa shape index (κ2) is 8.97. The summed E-state index contributed by atoms with van der Waals surface area (Å²) < 4.78 is 0. The zero-order chi connectivity index (χ0) is 20.1. The number of nitrogens with zero attached hydrogens (tertiary/aromatic N) is 3. The molecule has 2 saturated heterocycles. The van der Waals surface area contributed by atoms with Gasteiger partial charge in [0.2, 0.25) is 11.8 Å². The van der Waals surface area contributed by atoms with Gasteiger partial charge in [-0.1, -0.05) is 32.0 Å². The highest BCUT2D eigenvalue weighted by molar-refractivity contribution is 5.81. The first-order valence-corrected chi connectivity index (χ1v) is 10.7. The molecular weight excluding hydrogens is 350 g/mol. The number of hydrogen-bond donors (Lipinski definition) is 0. The number of piperidine rings is 2. The fourth-order valence-corrected chi connectivity index (χ4v) is 4.55. The molecule has 3 rings (SSSR count). The van der Waals surface area contributed by atoms with E-state index in [1.54, 1.807) is 0 Å². The molecule has 0 aromatic heterocycles. The lowest BCUT2D eigenvalue weighted by molar-refractivity contribution is -0.142. The van der Waals surface area contributed by atoms with Crippen LogP contribution < -0.4 is 4.90 Å². The SMILES string of the molecule is CC(C)CCN1CC2(CCCN(C(=O)CN(C)c3ccccc3)C2)CCC1=O. The molecule has 1 aromatic rings. The van der Waals surface area contributed by atoms with Gasteiger partial charge in [0.15, 0.2) is 0 Å². The van der Waals surface area contributed by atoms with Crippen LogP contribution in [0.4, 0.5) is 5.69 Å². The van der Waals surface area contributed by atoms with Crippen molar-refractivity contribution >= 4 is 17.5 Å². The van der Waals surface area contributed by atoms with Crippen molar-refractivity contribution in [2.75, 3.05) is 44.7 Å². The van der Waals surface area contributed by atoms with E-state index in [1.165, 1.54) is 0 Å². The average molecular weight is 386 g/mol. The molecule has 2 heterocycles. The summed E-state index contributed by atoms with van der Waals surface area (Å²) in [4.78, 5) is 31.5. The topological polar surface area (TPSA) is 43.9 Å². The number of rotatable bonds is 6. The Hall–Kier alpha value is -2.04. The van der Waals surface area contributed by atoms with E-state index in [2.05, 4.69) is 18.7 Å². The Kier molecular flexibility index (Phi) is 6.63. The monoisotopic (exact) mass is 385 g/mol. The van der Waals surface area contributed by atoms with Gasteiger partial charge < -0.3 is 14.7 Å². The van der Waals surface area contributed by atoms with E-state index in [4.69, 9.17) is 0 Å². The lowest BCUT2D eigenvalue weighted by atomic mass is 9.73. The zero-order valence-electron chi connectivity index (χ0n) is 17.7. The molecule has 5 nitrogen and oxygen atoms in total. The Morgan fingerprint density at radius 3 is 2.64 bits per heavy atom.